The van der Waals surface area contributed by atoms with Gasteiger partial charge in [0.1, 0.15) is 17.2 Å². The summed E-state index contributed by atoms with van der Waals surface area (Å²) in [6.45, 7) is 14.5. The minimum atomic E-state index is -0.921. The van der Waals surface area contributed by atoms with Crippen LogP contribution in [0.1, 0.15) is 81.1 Å². The van der Waals surface area contributed by atoms with Gasteiger partial charge in [0.25, 0.3) is 0 Å². The predicted octanol–water partition coefficient (Wildman–Crippen LogP) is 3.31. The number of carbonyl (C=O) groups excluding carboxylic acids is 3. The first kappa shape index (κ1) is 24.2. The van der Waals surface area contributed by atoms with Gasteiger partial charge in [-0.05, 0) is 61.3 Å². The highest BCUT2D eigenvalue weighted by Crippen LogP contribution is 2.13. The maximum atomic E-state index is 12.4. The third kappa shape index (κ3) is 12.6. The van der Waals surface area contributed by atoms with E-state index in [0.717, 1.165) is 12.8 Å². The summed E-state index contributed by atoms with van der Waals surface area (Å²) in [6, 6.07) is -1.38. The first-order valence-electron chi connectivity index (χ1n) is 9.25. The average molecular weight is 373 g/mol. The van der Waals surface area contributed by atoms with Crippen molar-refractivity contribution in [2.45, 2.75) is 104 Å². The third-order valence-corrected chi connectivity index (χ3v) is 3.15. The molecule has 0 aromatic rings. The van der Waals surface area contributed by atoms with Gasteiger partial charge in [-0.3, -0.25) is 4.79 Å². The Morgan fingerprint density at radius 3 is 1.88 bits per heavy atom. The second-order valence-corrected chi connectivity index (χ2v) is 8.52. The lowest BCUT2D eigenvalue weighted by Gasteiger charge is -2.25. The molecule has 7 heteroatoms. The molecular formula is C19H36N2O5. The van der Waals surface area contributed by atoms with Gasteiger partial charge in [-0.2, -0.15) is 0 Å². The van der Waals surface area contributed by atoms with Crippen LogP contribution >= 0.6 is 0 Å². The Labute approximate surface area is 157 Å². The molecule has 0 saturated heterocycles. The van der Waals surface area contributed by atoms with E-state index in [1.165, 1.54) is 0 Å². The Morgan fingerprint density at radius 1 is 0.885 bits per heavy atom. The molecule has 2 unspecified atom stereocenters. The van der Waals surface area contributed by atoms with Crippen LogP contribution in [-0.4, -0.2) is 41.3 Å². The van der Waals surface area contributed by atoms with Crippen LogP contribution in [0.2, 0.25) is 0 Å². The monoisotopic (exact) mass is 372 g/mol. The molecule has 0 heterocycles. The van der Waals surface area contributed by atoms with Crippen molar-refractivity contribution in [1.82, 2.24) is 10.6 Å². The van der Waals surface area contributed by atoms with E-state index in [1.807, 2.05) is 13.8 Å². The van der Waals surface area contributed by atoms with Crippen LogP contribution in [0.3, 0.4) is 0 Å². The molecule has 0 bridgehead atoms. The van der Waals surface area contributed by atoms with Gasteiger partial charge in [-0.15, -0.1) is 0 Å². The van der Waals surface area contributed by atoms with Gasteiger partial charge in [-0.1, -0.05) is 13.3 Å². The maximum absolute atomic E-state index is 12.4. The molecule has 0 rings (SSSR count). The smallest absolute Gasteiger partial charge is 0.329 e. The first-order valence-corrected chi connectivity index (χ1v) is 9.25. The molecule has 0 aromatic carbocycles. The van der Waals surface area contributed by atoms with Crippen molar-refractivity contribution >= 4 is 18.0 Å². The lowest BCUT2D eigenvalue weighted by molar-refractivity contribution is -0.158. The molecule has 0 saturated carbocycles. The number of carbonyl (C=O) groups is 3. The van der Waals surface area contributed by atoms with Crippen molar-refractivity contribution in [2.24, 2.45) is 0 Å². The highest BCUT2D eigenvalue weighted by Gasteiger charge is 2.28. The molecule has 26 heavy (non-hydrogen) atoms. The molecule has 2 atom stereocenters. The van der Waals surface area contributed by atoms with Gasteiger partial charge < -0.3 is 20.1 Å². The molecule has 0 aromatic heterocycles. The van der Waals surface area contributed by atoms with Crippen molar-refractivity contribution in [1.29, 1.82) is 0 Å². The van der Waals surface area contributed by atoms with Crippen molar-refractivity contribution in [3.8, 4) is 0 Å². The number of ether oxygens (including phenoxy) is 2. The summed E-state index contributed by atoms with van der Waals surface area (Å²) >= 11 is 0. The Hall–Kier alpha value is -1.79. The molecule has 0 spiro atoms. The van der Waals surface area contributed by atoms with Gasteiger partial charge in [0.05, 0.1) is 0 Å². The number of rotatable bonds is 8. The fraction of sp³-hybridized carbons (Fsp3) is 0.842. The van der Waals surface area contributed by atoms with Crippen molar-refractivity contribution in [3.05, 3.63) is 0 Å². The number of hydrogen-bond acceptors (Lipinski definition) is 5. The summed E-state index contributed by atoms with van der Waals surface area (Å²) in [4.78, 5) is 36.4. The van der Waals surface area contributed by atoms with Crippen LogP contribution in [0.5, 0.6) is 0 Å². The SMILES string of the molecule is CCCC(C)NC(=O)NC(CCC(=O)OC(C)(C)C)C(=O)OC(C)(C)C. The largest absolute Gasteiger partial charge is 0.460 e. The Morgan fingerprint density at radius 2 is 1.42 bits per heavy atom. The van der Waals surface area contributed by atoms with Gasteiger partial charge in [-0.25, -0.2) is 9.59 Å². The summed E-state index contributed by atoms with van der Waals surface area (Å²) < 4.78 is 10.6. The molecule has 0 radical (unpaired) electrons. The molecule has 0 fully saturated rings. The third-order valence-electron chi connectivity index (χ3n) is 3.15. The lowest BCUT2D eigenvalue weighted by atomic mass is 10.1. The van der Waals surface area contributed by atoms with Crippen LogP contribution < -0.4 is 10.6 Å². The number of amides is 2. The summed E-state index contributed by atoms with van der Waals surface area (Å²) in [6.07, 6.45) is 1.89. The quantitative estimate of drug-likeness (QED) is 0.638. The molecule has 0 aliphatic heterocycles. The van der Waals surface area contributed by atoms with Crippen LogP contribution in [0.25, 0.3) is 0 Å². The Bertz CT molecular complexity index is 477. The molecule has 0 aliphatic rings. The van der Waals surface area contributed by atoms with Gasteiger partial charge in [0.2, 0.25) is 0 Å². The zero-order chi connectivity index (χ0) is 20.5. The summed E-state index contributed by atoms with van der Waals surface area (Å²) in [5, 5.41) is 5.40. The minimum absolute atomic E-state index is 0.00593. The van der Waals surface area contributed by atoms with E-state index in [-0.39, 0.29) is 18.9 Å². The van der Waals surface area contributed by atoms with Crippen LogP contribution in [-0.2, 0) is 19.1 Å². The normalized spacial score (nSPS) is 14.2. The molecule has 152 valence electrons. The topological polar surface area (TPSA) is 93.7 Å². The average Bonchev–Trinajstić information content (AvgIpc) is 2.39. The standard InChI is InChI=1S/C19H36N2O5/c1-9-10-13(2)20-17(24)21-14(16(23)26-19(6,7)8)11-12-15(22)25-18(3,4)5/h13-14H,9-12H2,1-8H3,(H2,20,21,24). The number of urea groups is 1. The van der Waals surface area contributed by atoms with Gasteiger partial charge in [0.15, 0.2) is 0 Å². The zero-order valence-electron chi connectivity index (χ0n) is 17.5. The number of esters is 2. The van der Waals surface area contributed by atoms with Gasteiger partial charge >= 0.3 is 18.0 Å². The Kier molecular flexibility index (Phi) is 9.67. The molecule has 7 nitrogen and oxygen atoms in total. The second-order valence-electron chi connectivity index (χ2n) is 8.52. The van der Waals surface area contributed by atoms with E-state index >= 15 is 0 Å². The summed E-state index contributed by atoms with van der Waals surface area (Å²) in [5.41, 5.74) is -1.28. The maximum Gasteiger partial charge on any atom is 0.329 e. The molecular weight excluding hydrogens is 336 g/mol. The molecule has 2 N–H and O–H groups in total. The zero-order valence-corrected chi connectivity index (χ0v) is 17.5. The van der Waals surface area contributed by atoms with E-state index in [0.29, 0.717) is 0 Å². The summed E-state index contributed by atoms with van der Waals surface area (Å²) in [5.74, 6) is -0.994. The summed E-state index contributed by atoms with van der Waals surface area (Å²) in [7, 11) is 0. The first-order chi connectivity index (χ1) is 11.7. The number of hydrogen-bond donors (Lipinski definition) is 2. The second kappa shape index (κ2) is 10.4. The van der Waals surface area contributed by atoms with Crippen LogP contribution in [0.15, 0.2) is 0 Å². The highest BCUT2D eigenvalue weighted by atomic mass is 16.6. The van der Waals surface area contributed by atoms with Crippen molar-refractivity contribution in [2.75, 3.05) is 0 Å². The van der Waals surface area contributed by atoms with E-state index in [1.54, 1.807) is 41.5 Å². The predicted molar refractivity (Wildman–Crippen MR) is 101 cm³/mol. The highest BCUT2D eigenvalue weighted by molar-refractivity contribution is 5.84. The van der Waals surface area contributed by atoms with E-state index in [2.05, 4.69) is 10.6 Å². The minimum Gasteiger partial charge on any atom is -0.460 e. The van der Waals surface area contributed by atoms with Crippen molar-refractivity contribution in [3.63, 3.8) is 0 Å². The van der Waals surface area contributed by atoms with Crippen molar-refractivity contribution < 1.29 is 23.9 Å². The molecule has 2 amide bonds. The van der Waals surface area contributed by atoms with Crippen LogP contribution in [0, 0.1) is 0 Å². The van der Waals surface area contributed by atoms with Crippen LogP contribution in [0.4, 0.5) is 4.79 Å². The van der Waals surface area contributed by atoms with E-state index in [9.17, 15) is 14.4 Å². The fourth-order valence-electron chi connectivity index (χ4n) is 2.21. The number of nitrogens with one attached hydrogen (secondary N) is 2. The fourth-order valence-corrected chi connectivity index (χ4v) is 2.21. The van der Waals surface area contributed by atoms with E-state index in [4.69, 9.17) is 9.47 Å². The van der Waals surface area contributed by atoms with Gasteiger partial charge in [0, 0.05) is 12.5 Å². The van der Waals surface area contributed by atoms with E-state index < -0.39 is 35.2 Å². The lowest BCUT2D eigenvalue weighted by Crippen LogP contribution is -2.50. The molecule has 0 aliphatic carbocycles. The Balaban J connectivity index is 4.87.